The van der Waals surface area contributed by atoms with Crippen molar-refractivity contribution in [1.29, 1.82) is 0 Å². The Morgan fingerprint density at radius 2 is 2.00 bits per heavy atom. The van der Waals surface area contributed by atoms with Gasteiger partial charge in [0.1, 0.15) is 0 Å². The maximum absolute atomic E-state index is 5.73. The van der Waals surface area contributed by atoms with Crippen LogP contribution in [-0.2, 0) is 22.3 Å². The average Bonchev–Trinajstić information content (AvgIpc) is 2.42. The zero-order chi connectivity index (χ0) is 12.6. The zero-order valence-electron chi connectivity index (χ0n) is 10.9. The lowest BCUT2D eigenvalue weighted by atomic mass is 10.1. The minimum Gasteiger partial charge on any atom is -0.353 e. The van der Waals surface area contributed by atoms with Crippen molar-refractivity contribution < 1.29 is 9.47 Å². The lowest BCUT2D eigenvalue weighted by molar-refractivity contribution is -0.161. The molecule has 1 atom stereocenters. The summed E-state index contributed by atoms with van der Waals surface area (Å²) in [6.07, 6.45) is 7.28. The molecule has 1 aliphatic rings. The molecule has 0 saturated carbocycles. The summed E-state index contributed by atoms with van der Waals surface area (Å²) in [5.41, 5.74) is 2.63. The fourth-order valence-electron chi connectivity index (χ4n) is 2.16. The van der Waals surface area contributed by atoms with E-state index < -0.39 is 0 Å². The van der Waals surface area contributed by atoms with E-state index in [1.165, 1.54) is 24.0 Å². The van der Waals surface area contributed by atoms with E-state index in [0.717, 1.165) is 32.5 Å². The van der Waals surface area contributed by atoms with Crippen LogP contribution in [0.5, 0.6) is 0 Å². The second kappa shape index (κ2) is 7.34. The first-order valence-corrected chi connectivity index (χ1v) is 6.80. The quantitative estimate of drug-likeness (QED) is 0.715. The van der Waals surface area contributed by atoms with Crippen LogP contribution in [0.1, 0.15) is 30.4 Å². The van der Waals surface area contributed by atoms with Gasteiger partial charge in [-0.25, -0.2) is 0 Å². The summed E-state index contributed by atoms with van der Waals surface area (Å²) >= 11 is 0. The van der Waals surface area contributed by atoms with Crippen molar-refractivity contribution in [2.45, 2.75) is 38.4 Å². The first-order valence-electron chi connectivity index (χ1n) is 6.80. The molecule has 0 bridgehead atoms. The summed E-state index contributed by atoms with van der Waals surface area (Å²) in [5.74, 6) is 0. The third kappa shape index (κ3) is 4.28. The van der Waals surface area contributed by atoms with E-state index >= 15 is 0 Å². The van der Waals surface area contributed by atoms with Crippen molar-refractivity contribution in [2.75, 3.05) is 13.2 Å². The molecule has 18 heavy (non-hydrogen) atoms. The summed E-state index contributed by atoms with van der Waals surface area (Å²) in [6, 6.07) is 8.66. The molecule has 1 fully saturated rings. The van der Waals surface area contributed by atoms with Crippen molar-refractivity contribution in [2.24, 2.45) is 0 Å². The van der Waals surface area contributed by atoms with Gasteiger partial charge in [0.2, 0.25) is 0 Å². The fourth-order valence-corrected chi connectivity index (χ4v) is 2.16. The molecule has 1 unspecified atom stereocenters. The van der Waals surface area contributed by atoms with E-state index in [0.29, 0.717) is 0 Å². The molecule has 0 spiro atoms. The Bertz CT molecular complexity index is 350. The van der Waals surface area contributed by atoms with E-state index in [-0.39, 0.29) is 6.29 Å². The van der Waals surface area contributed by atoms with Gasteiger partial charge in [0.15, 0.2) is 6.29 Å². The van der Waals surface area contributed by atoms with E-state index in [4.69, 9.17) is 9.47 Å². The molecule has 1 aliphatic heterocycles. The van der Waals surface area contributed by atoms with Crippen LogP contribution in [0.2, 0.25) is 0 Å². The predicted molar refractivity (Wildman–Crippen MR) is 73.6 cm³/mol. The predicted octanol–water partition coefficient (Wildman–Crippen LogP) is 3.50. The highest BCUT2D eigenvalue weighted by Crippen LogP contribution is 2.14. The number of rotatable bonds is 6. The normalized spacial score (nSPS) is 19.7. The molecule has 1 saturated heterocycles. The topological polar surface area (TPSA) is 18.5 Å². The van der Waals surface area contributed by atoms with Crippen molar-refractivity contribution in [1.82, 2.24) is 0 Å². The number of ether oxygens (including phenoxy) is 2. The summed E-state index contributed by atoms with van der Waals surface area (Å²) in [7, 11) is 0. The number of benzene rings is 1. The minimum absolute atomic E-state index is 0.0267. The van der Waals surface area contributed by atoms with E-state index in [1.54, 1.807) is 0 Å². The second-order valence-corrected chi connectivity index (χ2v) is 4.73. The number of hydrogen-bond acceptors (Lipinski definition) is 2. The Balaban J connectivity index is 1.70. The van der Waals surface area contributed by atoms with Gasteiger partial charge in [-0.15, -0.1) is 6.58 Å². The van der Waals surface area contributed by atoms with Gasteiger partial charge in [0, 0.05) is 6.61 Å². The molecule has 0 aliphatic carbocycles. The van der Waals surface area contributed by atoms with Gasteiger partial charge in [0.05, 0.1) is 6.61 Å². The summed E-state index contributed by atoms with van der Waals surface area (Å²) in [5, 5.41) is 0. The summed E-state index contributed by atoms with van der Waals surface area (Å²) < 4.78 is 11.3. The van der Waals surface area contributed by atoms with Gasteiger partial charge >= 0.3 is 0 Å². The molecular weight excluding hydrogens is 224 g/mol. The van der Waals surface area contributed by atoms with E-state index in [1.807, 2.05) is 6.08 Å². The molecule has 1 heterocycles. The Kier molecular flexibility index (Phi) is 5.43. The van der Waals surface area contributed by atoms with E-state index in [2.05, 4.69) is 30.8 Å². The van der Waals surface area contributed by atoms with Crippen LogP contribution in [0.4, 0.5) is 0 Å². The third-order valence-corrected chi connectivity index (χ3v) is 3.24. The molecule has 2 heteroatoms. The molecule has 0 radical (unpaired) electrons. The highest BCUT2D eigenvalue weighted by molar-refractivity contribution is 5.24. The largest absolute Gasteiger partial charge is 0.353 e. The smallest absolute Gasteiger partial charge is 0.157 e. The average molecular weight is 246 g/mol. The zero-order valence-corrected chi connectivity index (χ0v) is 10.9. The molecule has 2 rings (SSSR count). The van der Waals surface area contributed by atoms with Crippen molar-refractivity contribution in [3.8, 4) is 0 Å². The maximum atomic E-state index is 5.73. The van der Waals surface area contributed by atoms with Crippen LogP contribution < -0.4 is 0 Å². The second-order valence-electron chi connectivity index (χ2n) is 4.73. The Hall–Kier alpha value is -1.12. The lowest BCUT2D eigenvalue weighted by Crippen LogP contribution is -2.23. The first kappa shape index (κ1) is 13.3. The molecule has 2 nitrogen and oxygen atoms in total. The van der Waals surface area contributed by atoms with Crippen LogP contribution in [0.25, 0.3) is 0 Å². The summed E-state index contributed by atoms with van der Waals surface area (Å²) in [4.78, 5) is 0. The van der Waals surface area contributed by atoms with E-state index in [9.17, 15) is 0 Å². The number of allylic oxidation sites excluding steroid dienone is 1. The van der Waals surface area contributed by atoms with Crippen LogP contribution in [-0.4, -0.2) is 19.5 Å². The van der Waals surface area contributed by atoms with Gasteiger partial charge in [-0.1, -0.05) is 30.3 Å². The lowest BCUT2D eigenvalue weighted by Gasteiger charge is -2.22. The number of hydrogen-bond donors (Lipinski definition) is 0. The van der Waals surface area contributed by atoms with Crippen LogP contribution in [0.3, 0.4) is 0 Å². The molecule has 0 amide bonds. The van der Waals surface area contributed by atoms with Gasteiger partial charge in [0.25, 0.3) is 0 Å². The van der Waals surface area contributed by atoms with Crippen LogP contribution in [0.15, 0.2) is 36.9 Å². The monoisotopic (exact) mass is 246 g/mol. The molecular formula is C16H22O2. The molecule has 0 aromatic heterocycles. The van der Waals surface area contributed by atoms with Crippen LogP contribution in [0, 0.1) is 0 Å². The van der Waals surface area contributed by atoms with Crippen molar-refractivity contribution in [3.63, 3.8) is 0 Å². The van der Waals surface area contributed by atoms with Gasteiger partial charge in [-0.2, -0.15) is 0 Å². The Labute approximate surface area is 110 Å². The minimum atomic E-state index is 0.0267. The summed E-state index contributed by atoms with van der Waals surface area (Å²) in [6.45, 7) is 5.34. The van der Waals surface area contributed by atoms with Gasteiger partial charge in [-0.05, 0) is 43.2 Å². The SMILES string of the molecule is C=CCc1ccc(CCOC2CCCCO2)cc1. The highest BCUT2D eigenvalue weighted by atomic mass is 16.7. The van der Waals surface area contributed by atoms with Gasteiger partial charge in [-0.3, -0.25) is 0 Å². The Morgan fingerprint density at radius 1 is 1.22 bits per heavy atom. The van der Waals surface area contributed by atoms with Crippen LogP contribution >= 0.6 is 0 Å². The first-order chi connectivity index (χ1) is 8.88. The molecule has 1 aromatic carbocycles. The Morgan fingerprint density at radius 3 is 2.67 bits per heavy atom. The fraction of sp³-hybridized carbons (Fsp3) is 0.500. The van der Waals surface area contributed by atoms with Crippen molar-refractivity contribution >= 4 is 0 Å². The third-order valence-electron chi connectivity index (χ3n) is 3.24. The molecule has 98 valence electrons. The standard InChI is InChI=1S/C16H22O2/c1-2-5-14-7-9-15(10-8-14)11-13-18-16-6-3-4-12-17-16/h2,7-10,16H,1,3-6,11-13H2. The molecule has 1 aromatic rings. The highest BCUT2D eigenvalue weighted by Gasteiger charge is 2.13. The maximum Gasteiger partial charge on any atom is 0.157 e. The van der Waals surface area contributed by atoms with Gasteiger partial charge < -0.3 is 9.47 Å². The molecule has 0 N–H and O–H groups in total. The van der Waals surface area contributed by atoms with Crippen molar-refractivity contribution in [3.05, 3.63) is 48.0 Å².